The van der Waals surface area contributed by atoms with Crippen molar-refractivity contribution in [2.45, 2.75) is 23.6 Å². The van der Waals surface area contributed by atoms with Crippen molar-refractivity contribution in [1.82, 2.24) is 0 Å². The fourth-order valence-electron chi connectivity index (χ4n) is 1.69. The lowest BCUT2D eigenvalue weighted by atomic mass is 10.1. The lowest BCUT2D eigenvalue weighted by Gasteiger charge is -2.09. The van der Waals surface area contributed by atoms with E-state index in [-0.39, 0.29) is 5.78 Å². The molecule has 2 aromatic carbocycles. The molecule has 0 N–H and O–H groups in total. The molecule has 0 saturated carbocycles. The van der Waals surface area contributed by atoms with E-state index in [1.807, 2.05) is 49.4 Å². The summed E-state index contributed by atoms with van der Waals surface area (Å²) in [4.78, 5) is 13.7. The van der Waals surface area contributed by atoms with Gasteiger partial charge in [-0.25, -0.2) is 0 Å². The van der Waals surface area contributed by atoms with Crippen molar-refractivity contribution in [1.29, 1.82) is 0 Å². The van der Waals surface area contributed by atoms with Gasteiger partial charge in [0.2, 0.25) is 0 Å². The van der Waals surface area contributed by atoms with Gasteiger partial charge in [0, 0.05) is 20.4 Å². The van der Waals surface area contributed by atoms with Crippen molar-refractivity contribution in [2.24, 2.45) is 0 Å². The van der Waals surface area contributed by atoms with Gasteiger partial charge in [-0.1, -0.05) is 41.6 Å². The zero-order chi connectivity index (χ0) is 13.1. The Morgan fingerprint density at radius 1 is 1.11 bits per heavy atom. The number of carbonyl (C=O) groups excluding carboxylic acids is 1. The first-order chi connectivity index (χ1) is 8.58. The van der Waals surface area contributed by atoms with Crippen LogP contribution in [0, 0.1) is 6.92 Å². The molecule has 92 valence electrons. The van der Waals surface area contributed by atoms with Crippen molar-refractivity contribution in [3.63, 3.8) is 0 Å². The fourth-order valence-corrected chi connectivity index (χ4v) is 2.98. The van der Waals surface area contributed by atoms with Crippen LogP contribution in [0.25, 0.3) is 0 Å². The molecule has 1 nitrogen and oxygen atoms in total. The number of hydrogen-bond acceptors (Lipinski definition) is 2. The number of ketones is 1. The largest absolute Gasteiger partial charge is 0.294 e. The minimum Gasteiger partial charge on any atom is -0.294 e. The number of hydrogen-bond donors (Lipinski definition) is 0. The number of aryl methyl sites for hydroxylation is 1. The van der Waals surface area contributed by atoms with E-state index in [9.17, 15) is 4.79 Å². The quantitative estimate of drug-likeness (QED) is 0.734. The van der Waals surface area contributed by atoms with Crippen LogP contribution < -0.4 is 0 Å². The molecule has 0 bridgehead atoms. The van der Waals surface area contributed by atoms with Gasteiger partial charge in [-0.3, -0.25) is 4.79 Å². The highest BCUT2D eigenvalue weighted by molar-refractivity contribution is 7.99. The maximum Gasteiger partial charge on any atom is 0.160 e. The molecule has 2 rings (SSSR count). The van der Waals surface area contributed by atoms with Crippen LogP contribution in [-0.4, -0.2) is 5.78 Å². The minimum absolute atomic E-state index is 0.0877. The summed E-state index contributed by atoms with van der Waals surface area (Å²) in [6.45, 7) is 3.61. The summed E-state index contributed by atoms with van der Waals surface area (Å²) in [6.07, 6.45) is 0. The minimum atomic E-state index is 0.0877. The third-order valence-electron chi connectivity index (χ3n) is 2.62. The lowest BCUT2D eigenvalue weighted by Crippen LogP contribution is -1.94. The summed E-state index contributed by atoms with van der Waals surface area (Å²) in [5.41, 5.74) is 1.88. The van der Waals surface area contributed by atoms with Crippen molar-refractivity contribution < 1.29 is 4.79 Å². The molecule has 0 fully saturated rings. The Morgan fingerprint density at radius 3 is 2.50 bits per heavy atom. The van der Waals surface area contributed by atoms with E-state index in [1.165, 1.54) is 0 Å². The topological polar surface area (TPSA) is 17.1 Å². The highest BCUT2D eigenvalue weighted by Gasteiger charge is 2.09. The summed E-state index contributed by atoms with van der Waals surface area (Å²) in [5.74, 6) is 0.0877. The molecule has 0 amide bonds. The molecule has 2 aromatic rings. The van der Waals surface area contributed by atoms with Crippen molar-refractivity contribution >= 4 is 29.1 Å². The Hall–Kier alpha value is -1.25. The maximum atomic E-state index is 11.6. The number of Topliss-reactive ketones (excluding diaryl/α,β-unsaturated/α-hetero) is 1. The Balaban J connectivity index is 2.37. The molecule has 0 atom stereocenters. The predicted octanol–water partition coefficient (Wildman–Crippen LogP) is 5.00. The number of rotatable bonds is 3. The van der Waals surface area contributed by atoms with Crippen LogP contribution in [0.5, 0.6) is 0 Å². The first kappa shape index (κ1) is 13.2. The summed E-state index contributed by atoms with van der Waals surface area (Å²) in [5, 5.41) is 0.733. The summed E-state index contributed by atoms with van der Waals surface area (Å²) < 4.78 is 0. The van der Waals surface area contributed by atoms with Crippen LogP contribution in [0.1, 0.15) is 22.8 Å². The number of benzene rings is 2. The smallest absolute Gasteiger partial charge is 0.160 e. The van der Waals surface area contributed by atoms with Crippen LogP contribution in [0.15, 0.2) is 52.3 Å². The first-order valence-corrected chi connectivity index (χ1v) is 6.81. The van der Waals surface area contributed by atoms with Crippen LogP contribution in [0.2, 0.25) is 5.02 Å². The zero-order valence-corrected chi connectivity index (χ0v) is 11.8. The second kappa shape index (κ2) is 5.59. The van der Waals surface area contributed by atoms with E-state index in [1.54, 1.807) is 18.7 Å². The maximum absolute atomic E-state index is 11.6. The molecule has 0 aromatic heterocycles. The molecule has 0 unspecified atom stereocenters. The Labute approximate surface area is 116 Å². The van der Waals surface area contributed by atoms with E-state index in [0.29, 0.717) is 0 Å². The normalized spacial score (nSPS) is 10.4. The number of halogens is 1. The molecular weight excluding hydrogens is 264 g/mol. The van der Waals surface area contributed by atoms with Gasteiger partial charge in [0.1, 0.15) is 0 Å². The molecule has 3 heteroatoms. The van der Waals surface area contributed by atoms with E-state index in [4.69, 9.17) is 11.6 Å². The molecule has 0 saturated heterocycles. The zero-order valence-electron chi connectivity index (χ0n) is 10.2. The van der Waals surface area contributed by atoms with Gasteiger partial charge in [0.15, 0.2) is 5.78 Å². The molecule has 0 heterocycles. The third-order valence-corrected chi connectivity index (χ3v) is 4.11. The van der Waals surface area contributed by atoms with Crippen LogP contribution in [-0.2, 0) is 0 Å². The van der Waals surface area contributed by atoms with Crippen LogP contribution >= 0.6 is 23.4 Å². The van der Waals surface area contributed by atoms with Crippen molar-refractivity contribution in [2.75, 3.05) is 0 Å². The van der Waals surface area contributed by atoms with E-state index in [2.05, 4.69) is 0 Å². The third kappa shape index (κ3) is 2.95. The molecule has 0 aliphatic carbocycles. The van der Waals surface area contributed by atoms with Gasteiger partial charge in [-0.05, 0) is 43.7 Å². The van der Waals surface area contributed by atoms with E-state index >= 15 is 0 Å². The number of carbonyl (C=O) groups is 1. The van der Waals surface area contributed by atoms with E-state index < -0.39 is 0 Å². The van der Waals surface area contributed by atoms with Gasteiger partial charge >= 0.3 is 0 Å². The van der Waals surface area contributed by atoms with Gasteiger partial charge in [-0.15, -0.1) is 0 Å². The molecule has 0 radical (unpaired) electrons. The fraction of sp³-hybridized carbons (Fsp3) is 0.133. The second-order valence-electron chi connectivity index (χ2n) is 4.06. The van der Waals surface area contributed by atoms with Crippen LogP contribution in [0.4, 0.5) is 0 Å². The summed E-state index contributed by atoms with van der Waals surface area (Å²) >= 11 is 7.54. The van der Waals surface area contributed by atoms with Crippen LogP contribution in [0.3, 0.4) is 0 Å². The van der Waals surface area contributed by atoms with Gasteiger partial charge in [0.05, 0.1) is 0 Å². The lowest BCUT2D eigenvalue weighted by molar-refractivity contribution is 0.101. The molecule has 0 aliphatic rings. The first-order valence-electron chi connectivity index (χ1n) is 5.62. The summed E-state index contributed by atoms with van der Waals surface area (Å²) in [6, 6.07) is 13.4. The highest BCUT2D eigenvalue weighted by Crippen LogP contribution is 2.33. The average Bonchev–Trinajstić information content (AvgIpc) is 2.33. The highest BCUT2D eigenvalue weighted by atomic mass is 35.5. The van der Waals surface area contributed by atoms with Crippen molar-refractivity contribution in [3.05, 3.63) is 58.6 Å². The predicted molar refractivity (Wildman–Crippen MR) is 76.8 cm³/mol. The molecular formula is C15H13ClOS. The van der Waals surface area contributed by atoms with Crippen molar-refractivity contribution in [3.8, 4) is 0 Å². The summed E-state index contributed by atoms with van der Waals surface area (Å²) in [7, 11) is 0. The van der Waals surface area contributed by atoms with Gasteiger partial charge in [-0.2, -0.15) is 0 Å². The molecule has 0 aliphatic heterocycles. The SMILES string of the molecule is CC(=O)c1ccccc1Sc1ccc(Cl)cc1C. The Morgan fingerprint density at radius 2 is 1.83 bits per heavy atom. The van der Waals surface area contributed by atoms with Gasteiger partial charge < -0.3 is 0 Å². The standard InChI is InChI=1S/C15H13ClOS/c1-10-9-12(16)7-8-14(10)18-15-6-4-3-5-13(15)11(2)17/h3-9H,1-2H3. The average molecular weight is 277 g/mol. The van der Waals surface area contributed by atoms with Gasteiger partial charge in [0.25, 0.3) is 0 Å². The Kier molecular flexibility index (Phi) is 4.10. The molecule has 18 heavy (non-hydrogen) atoms. The van der Waals surface area contributed by atoms with E-state index in [0.717, 1.165) is 25.9 Å². The molecule has 0 spiro atoms. The monoisotopic (exact) mass is 276 g/mol. The Bertz CT molecular complexity index is 593. The second-order valence-corrected chi connectivity index (χ2v) is 5.58.